The second-order valence-electron chi connectivity index (χ2n) is 3.10. The lowest BCUT2D eigenvalue weighted by molar-refractivity contribution is 0.317. The van der Waals surface area contributed by atoms with E-state index in [4.69, 9.17) is 16.2 Å². The normalized spacial score (nSPS) is 10.0. The molecule has 13 heavy (non-hydrogen) atoms. The monoisotopic (exact) mass is 180 g/mol. The van der Waals surface area contributed by atoms with Crippen LogP contribution in [0.25, 0.3) is 0 Å². The Morgan fingerprint density at radius 2 is 2.00 bits per heavy atom. The van der Waals surface area contributed by atoms with Gasteiger partial charge in [-0.1, -0.05) is 6.92 Å². The minimum absolute atomic E-state index is 0.617. The molecule has 0 unspecified atom stereocenters. The summed E-state index contributed by atoms with van der Waals surface area (Å²) in [5.41, 5.74) is 13.7. The largest absolute Gasteiger partial charge is 0.491 e. The Labute approximate surface area is 78.7 Å². The number of nitrogens with two attached hydrogens (primary N) is 2. The molecule has 3 nitrogen and oxygen atoms in total. The maximum absolute atomic E-state index is 5.76. The maximum Gasteiger partial charge on any atom is 0.145 e. The van der Waals surface area contributed by atoms with Gasteiger partial charge in [-0.15, -0.1) is 0 Å². The molecule has 0 saturated heterocycles. The Kier molecular flexibility index (Phi) is 3.01. The van der Waals surface area contributed by atoms with Crippen LogP contribution >= 0.6 is 0 Å². The van der Waals surface area contributed by atoms with Gasteiger partial charge in [0.15, 0.2) is 0 Å². The zero-order valence-electron chi connectivity index (χ0n) is 8.13. The molecule has 1 rings (SSSR count). The first-order chi connectivity index (χ1) is 6.15. The van der Waals surface area contributed by atoms with Crippen LogP contribution in [0.4, 0.5) is 11.4 Å². The van der Waals surface area contributed by atoms with Gasteiger partial charge in [0.2, 0.25) is 0 Å². The predicted octanol–water partition coefficient (Wildman–Crippen LogP) is 1.95. The second-order valence-corrected chi connectivity index (χ2v) is 3.10. The van der Waals surface area contributed by atoms with Crippen LogP contribution in [0.2, 0.25) is 0 Å². The van der Waals surface area contributed by atoms with Gasteiger partial charge in [0, 0.05) is 5.69 Å². The zero-order valence-corrected chi connectivity index (χ0v) is 8.13. The third-order valence-corrected chi connectivity index (χ3v) is 1.78. The number of hydrogen-bond acceptors (Lipinski definition) is 3. The van der Waals surface area contributed by atoms with Crippen LogP contribution in [-0.2, 0) is 0 Å². The van der Waals surface area contributed by atoms with E-state index in [2.05, 4.69) is 6.92 Å². The lowest BCUT2D eigenvalue weighted by Gasteiger charge is -2.11. The van der Waals surface area contributed by atoms with Crippen LogP contribution in [0.3, 0.4) is 0 Å². The summed E-state index contributed by atoms with van der Waals surface area (Å²) >= 11 is 0. The van der Waals surface area contributed by atoms with Crippen molar-refractivity contribution in [1.29, 1.82) is 0 Å². The molecule has 0 aromatic heterocycles. The van der Waals surface area contributed by atoms with Crippen molar-refractivity contribution in [3.8, 4) is 5.75 Å². The molecule has 1 aromatic rings. The third-order valence-electron chi connectivity index (χ3n) is 1.78. The number of rotatable bonds is 3. The van der Waals surface area contributed by atoms with E-state index in [-0.39, 0.29) is 0 Å². The molecule has 0 heterocycles. The third kappa shape index (κ3) is 2.28. The van der Waals surface area contributed by atoms with Gasteiger partial charge in [-0.3, -0.25) is 0 Å². The number of benzene rings is 1. The van der Waals surface area contributed by atoms with Crippen molar-refractivity contribution in [3.05, 3.63) is 17.7 Å². The maximum atomic E-state index is 5.76. The van der Waals surface area contributed by atoms with E-state index in [9.17, 15) is 0 Å². The van der Waals surface area contributed by atoms with Crippen molar-refractivity contribution in [2.24, 2.45) is 0 Å². The van der Waals surface area contributed by atoms with Crippen LogP contribution in [-0.4, -0.2) is 6.61 Å². The van der Waals surface area contributed by atoms with E-state index in [0.29, 0.717) is 18.0 Å². The Hall–Kier alpha value is -1.38. The molecule has 0 saturated carbocycles. The fourth-order valence-corrected chi connectivity index (χ4v) is 1.23. The van der Waals surface area contributed by atoms with Crippen molar-refractivity contribution in [1.82, 2.24) is 0 Å². The molecule has 3 heteroatoms. The Morgan fingerprint density at radius 1 is 1.31 bits per heavy atom. The molecular formula is C10H16N2O. The number of nitrogen functional groups attached to an aromatic ring is 2. The van der Waals surface area contributed by atoms with E-state index >= 15 is 0 Å². The van der Waals surface area contributed by atoms with Crippen LogP contribution in [0.1, 0.15) is 18.9 Å². The van der Waals surface area contributed by atoms with Gasteiger partial charge in [-0.05, 0) is 31.0 Å². The highest BCUT2D eigenvalue weighted by molar-refractivity contribution is 5.64. The highest BCUT2D eigenvalue weighted by Crippen LogP contribution is 2.28. The van der Waals surface area contributed by atoms with Gasteiger partial charge in [0.1, 0.15) is 5.75 Å². The number of hydrogen-bond donors (Lipinski definition) is 2. The van der Waals surface area contributed by atoms with Gasteiger partial charge in [0.25, 0.3) is 0 Å². The molecular weight excluding hydrogens is 164 g/mol. The first-order valence-corrected chi connectivity index (χ1v) is 4.43. The van der Waals surface area contributed by atoms with Crippen LogP contribution in [0.5, 0.6) is 5.75 Å². The summed E-state index contributed by atoms with van der Waals surface area (Å²) in [5.74, 6) is 0.760. The average molecular weight is 180 g/mol. The molecule has 0 atom stereocenters. The first-order valence-electron chi connectivity index (χ1n) is 4.43. The minimum atomic E-state index is 0.617. The lowest BCUT2D eigenvalue weighted by atomic mass is 10.1. The van der Waals surface area contributed by atoms with E-state index in [1.54, 1.807) is 6.07 Å². The van der Waals surface area contributed by atoms with Crippen molar-refractivity contribution < 1.29 is 4.74 Å². The fraction of sp³-hybridized carbons (Fsp3) is 0.400. The highest BCUT2D eigenvalue weighted by atomic mass is 16.5. The number of anilines is 2. The Balaban J connectivity index is 2.92. The van der Waals surface area contributed by atoms with Crippen LogP contribution in [0.15, 0.2) is 12.1 Å². The van der Waals surface area contributed by atoms with Crippen molar-refractivity contribution in [3.63, 3.8) is 0 Å². The molecule has 0 spiro atoms. The minimum Gasteiger partial charge on any atom is -0.491 e. The summed E-state index contributed by atoms with van der Waals surface area (Å²) in [6.45, 7) is 4.69. The van der Waals surface area contributed by atoms with Gasteiger partial charge in [-0.2, -0.15) is 0 Å². The molecule has 4 N–H and O–H groups in total. The molecule has 72 valence electrons. The highest BCUT2D eigenvalue weighted by Gasteiger charge is 2.04. The summed E-state index contributed by atoms with van der Waals surface area (Å²) in [5, 5.41) is 0. The predicted molar refractivity (Wildman–Crippen MR) is 55.8 cm³/mol. The number of ether oxygens (including phenoxy) is 1. The topological polar surface area (TPSA) is 61.3 Å². The van der Waals surface area contributed by atoms with E-state index in [1.165, 1.54) is 0 Å². The summed E-state index contributed by atoms with van der Waals surface area (Å²) < 4.78 is 5.49. The van der Waals surface area contributed by atoms with Gasteiger partial charge in [0.05, 0.1) is 12.3 Å². The van der Waals surface area contributed by atoms with Gasteiger partial charge >= 0.3 is 0 Å². The molecule has 0 radical (unpaired) electrons. The van der Waals surface area contributed by atoms with E-state index in [1.807, 2.05) is 13.0 Å². The smallest absolute Gasteiger partial charge is 0.145 e. The molecule has 0 aliphatic carbocycles. The quantitative estimate of drug-likeness (QED) is 0.699. The fourth-order valence-electron chi connectivity index (χ4n) is 1.23. The van der Waals surface area contributed by atoms with Crippen molar-refractivity contribution in [2.45, 2.75) is 20.3 Å². The molecule has 0 amide bonds. The zero-order chi connectivity index (χ0) is 9.84. The molecule has 0 aliphatic rings. The van der Waals surface area contributed by atoms with Crippen LogP contribution in [0, 0.1) is 6.92 Å². The molecule has 1 aromatic carbocycles. The van der Waals surface area contributed by atoms with Crippen molar-refractivity contribution >= 4 is 11.4 Å². The summed E-state index contributed by atoms with van der Waals surface area (Å²) in [4.78, 5) is 0. The first kappa shape index (κ1) is 9.71. The molecule has 0 fully saturated rings. The summed E-state index contributed by atoms with van der Waals surface area (Å²) in [6.07, 6.45) is 0.975. The van der Waals surface area contributed by atoms with Gasteiger partial charge < -0.3 is 16.2 Å². The SMILES string of the molecule is CCCOc1c(C)cc(N)cc1N. The van der Waals surface area contributed by atoms with Crippen LogP contribution < -0.4 is 16.2 Å². The Morgan fingerprint density at radius 3 is 2.54 bits per heavy atom. The average Bonchev–Trinajstić information content (AvgIpc) is 2.02. The van der Waals surface area contributed by atoms with Gasteiger partial charge in [-0.25, -0.2) is 0 Å². The lowest BCUT2D eigenvalue weighted by Crippen LogP contribution is -2.02. The molecule has 0 bridgehead atoms. The number of aryl methyl sites for hydroxylation is 1. The molecule has 0 aliphatic heterocycles. The van der Waals surface area contributed by atoms with Crippen molar-refractivity contribution in [2.75, 3.05) is 18.1 Å². The van der Waals surface area contributed by atoms with E-state index < -0.39 is 0 Å². The summed E-state index contributed by atoms with van der Waals surface area (Å²) in [6, 6.07) is 3.58. The summed E-state index contributed by atoms with van der Waals surface area (Å²) in [7, 11) is 0. The standard InChI is InChI=1S/C10H16N2O/c1-3-4-13-10-7(2)5-8(11)6-9(10)12/h5-6H,3-4,11-12H2,1-2H3. The van der Waals surface area contributed by atoms with E-state index in [0.717, 1.165) is 17.7 Å². The second kappa shape index (κ2) is 4.03. The Bertz CT molecular complexity index is 274.